The Morgan fingerprint density at radius 2 is 2.25 bits per heavy atom. The summed E-state index contributed by atoms with van der Waals surface area (Å²) in [5, 5.41) is 9.48. The summed E-state index contributed by atoms with van der Waals surface area (Å²) in [6.45, 7) is 4.74. The lowest BCUT2D eigenvalue weighted by molar-refractivity contribution is -0.137. The standard InChI is InChI=1S/C16H23NO3/c1-12(2)16(19)20-15-8-5-7-13(10-15)17-9-4-3-6-14(17)11-18/h5,7-8,10,12,14,18H,3-4,6,9,11H2,1-2H3. The first-order valence-electron chi connectivity index (χ1n) is 7.31. The number of rotatable bonds is 4. The number of benzene rings is 1. The summed E-state index contributed by atoms with van der Waals surface area (Å²) < 4.78 is 5.35. The Morgan fingerprint density at radius 1 is 1.45 bits per heavy atom. The second-order valence-electron chi connectivity index (χ2n) is 5.60. The van der Waals surface area contributed by atoms with Gasteiger partial charge in [-0.2, -0.15) is 0 Å². The fourth-order valence-corrected chi connectivity index (χ4v) is 2.49. The number of hydrogen-bond acceptors (Lipinski definition) is 4. The SMILES string of the molecule is CC(C)C(=O)Oc1cccc(N2CCCCC2CO)c1. The smallest absolute Gasteiger partial charge is 0.313 e. The van der Waals surface area contributed by atoms with Crippen molar-refractivity contribution in [1.29, 1.82) is 0 Å². The third-order valence-electron chi connectivity index (χ3n) is 3.68. The molecule has 0 radical (unpaired) electrons. The first-order valence-corrected chi connectivity index (χ1v) is 7.31. The van der Waals surface area contributed by atoms with Crippen LogP contribution in [0.25, 0.3) is 0 Å². The predicted molar refractivity (Wildman–Crippen MR) is 79.0 cm³/mol. The van der Waals surface area contributed by atoms with E-state index in [0.29, 0.717) is 5.75 Å². The van der Waals surface area contributed by atoms with Gasteiger partial charge in [0.2, 0.25) is 0 Å². The van der Waals surface area contributed by atoms with Gasteiger partial charge in [0.05, 0.1) is 18.6 Å². The molecule has 0 spiro atoms. The molecule has 1 aromatic rings. The van der Waals surface area contributed by atoms with Gasteiger partial charge in [0, 0.05) is 18.3 Å². The maximum absolute atomic E-state index is 11.6. The van der Waals surface area contributed by atoms with E-state index in [9.17, 15) is 9.90 Å². The minimum Gasteiger partial charge on any atom is -0.426 e. The summed E-state index contributed by atoms with van der Waals surface area (Å²) in [6, 6.07) is 7.73. The molecule has 0 aromatic heterocycles. The van der Waals surface area contributed by atoms with E-state index in [-0.39, 0.29) is 24.5 Å². The van der Waals surface area contributed by atoms with Crippen LogP contribution in [0.5, 0.6) is 5.75 Å². The van der Waals surface area contributed by atoms with Gasteiger partial charge in [-0.1, -0.05) is 19.9 Å². The Balaban J connectivity index is 2.14. The summed E-state index contributed by atoms with van der Waals surface area (Å²) in [5.74, 6) is 0.210. The molecule has 0 aliphatic carbocycles. The molecular weight excluding hydrogens is 254 g/mol. The quantitative estimate of drug-likeness (QED) is 0.679. The number of carbonyl (C=O) groups excluding carboxylic acids is 1. The largest absolute Gasteiger partial charge is 0.426 e. The van der Waals surface area contributed by atoms with Crippen molar-refractivity contribution in [1.82, 2.24) is 0 Å². The van der Waals surface area contributed by atoms with Crippen molar-refractivity contribution in [2.45, 2.75) is 39.2 Å². The molecule has 0 bridgehead atoms. The van der Waals surface area contributed by atoms with Gasteiger partial charge in [0.1, 0.15) is 5.75 Å². The van der Waals surface area contributed by atoms with E-state index in [1.165, 1.54) is 0 Å². The monoisotopic (exact) mass is 277 g/mol. The molecule has 1 unspecified atom stereocenters. The lowest BCUT2D eigenvalue weighted by Gasteiger charge is -2.36. The molecule has 2 rings (SSSR count). The molecule has 1 atom stereocenters. The highest BCUT2D eigenvalue weighted by molar-refractivity contribution is 5.74. The van der Waals surface area contributed by atoms with Crippen LogP contribution in [0.3, 0.4) is 0 Å². The van der Waals surface area contributed by atoms with Crippen LogP contribution in [0.1, 0.15) is 33.1 Å². The number of aliphatic hydroxyl groups excluding tert-OH is 1. The van der Waals surface area contributed by atoms with Crippen LogP contribution >= 0.6 is 0 Å². The second kappa shape index (κ2) is 6.75. The zero-order chi connectivity index (χ0) is 14.5. The zero-order valence-corrected chi connectivity index (χ0v) is 12.2. The Bertz CT molecular complexity index is 459. The first kappa shape index (κ1) is 14.9. The van der Waals surface area contributed by atoms with Crippen LogP contribution in [0, 0.1) is 5.92 Å². The normalized spacial score (nSPS) is 19.2. The number of esters is 1. The number of carbonyl (C=O) groups is 1. The topological polar surface area (TPSA) is 49.8 Å². The molecule has 0 amide bonds. The van der Waals surface area contributed by atoms with Gasteiger partial charge in [-0.15, -0.1) is 0 Å². The Morgan fingerprint density at radius 3 is 2.95 bits per heavy atom. The molecule has 1 N–H and O–H groups in total. The van der Waals surface area contributed by atoms with Crippen molar-refractivity contribution in [2.75, 3.05) is 18.1 Å². The van der Waals surface area contributed by atoms with E-state index < -0.39 is 0 Å². The van der Waals surface area contributed by atoms with Crippen LogP contribution in [0.15, 0.2) is 24.3 Å². The summed E-state index contributed by atoms with van der Waals surface area (Å²) in [4.78, 5) is 13.8. The molecule has 1 aliphatic heterocycles. The highest BCUT2D eigenvalue weighted by Crippen LogP contribution is 2.27. The minimum absolute atomic E-state index is 0.140. The highest BCUT2D eigenvalue weighted by Gasteiger charge is 2.22. The van der Waals surface area contributed by atoms with Crippen molar-refractivity contribution in [2.24, 2.45) is 5.92 Å². The molecule has 1 heterocycles. The molecule has 1 fully saturated rings. The molecule has 4 heteroatoms. The van der Waals surface area contributed by atoms with Gasteiger partial charge in [0.15, 0.2) is 0 Å². The van der Waals surface area contributed by atoms with E-state index in [4.69, 9.17) is 4.74 Å². The molecule has 1 saturated heterocycles. The highest BCUT2D eigenvalue weighted by atomic mass is 16.5. The average Bonchev–Trinajstić information content (AvgIpc) is 2.47. The number of nitrogens with zero attached hydrogens (tertiary/aromatic N) is 1. The third kappa shape index (κ3) is 3.51. The van der Waals surface area contributed by atoms with Gasteiger partial charge in [0.25, 0.3) is 0 Å². The summed E-state index contributed by atoms with van der Waals surface area (Å²) in [5.41, 5.74) is 1.01. The first-order chi connectivity index (χ1) is 9.61. The van der Waals surface area contributed by atoms with E-state index in [1.54, 1.807) is 6.07 Å². The summed E-state index contributed by atoms with van der Waals surface area (Å²) in [6.07, 6.45) is 3.29. The average molecular weight is 277 g/mol. The number of hydrogen-bond donors (Lipinski definition) is 1. The van der Waals surface area contributed by atoms with Gasteiger partial charge < -0.3 is 14.7 Å². The summed E-state index contributed by atoms with van der Waals surface area (Å²) >= 11 is 0. The van der Waals surface area contributed by atoms with Gasteiger partial charge >= 0.3 is 5.97 Å². The van der Waals surface area contributed by atoms with Gasteiger partial charge in [-0.25, -0.2) is 0 Å². The van der Waals surface area contributed by atoms with Crippen LogP contribution in [-0.2, 0) is 4.79 Å². The second-order valence-corrected chi connectivity index (χ2v) is 5.60. The molecular formula is C16H23NO3. The van der Waals surface area contributed by atoms with E-state index in [1.807, 2.05) is 32.0 Å². The Labute approximate surface area is 120 Å². The number of anilines is 1. The van der Waals surface area contributed by atoms with Crippen molar-refractivity contribution < 1.29 is 14.6 Å². The minimum atomic E-state index is -0.223. The van der Waals surface area contributed by atoms with Gasteiger partial charge in [-0.05, 0) is 31.4 Å². The summed E-state index contributed by atoms with van der Waals surface area (Å²) in [7, 11) is 0. The Kier molecular flexibility index (Phi) is 5.01. The number of piperidine rings is 1. The molecule has 0 saturated carbocycles. The fourth-order valence-electron chi connectivity index (χ4n) is 2.49. The number of aliphatic hydroxyl groups is 1. The van der Waals surface area contributed by atoms with Crippen LogP contribution < -0.4 is 9.64 Å². The lowest BCUT2D eigenvalue weighted by atomic mass is 10.0. The van der Waals surface area contributed by atoms with Crippen molar-refractivity contribution in [3.8, 4) is 5.75 Å². The zero-order valence-electron chi connectivity index (χ0n) is 12.2. The molecule has 1 aromatic carbocycles. The van der Waals surface area contributed by atoms with Crippen molar-refractivity contribution in [3.63, 3.8) is 0 Å². The van der Waals surface area contributed by atoms with Gasteiger partial charge in [-0.3, -0.25) is 4.79 Å². The molecule has 110 valence electrons. The van der Waals surface area contributed by atoms with E-state index in [0.717, 1.165) is 31.5 Å². The van der Waals surface area contributed by atoms with E-state index >= 15 is 0 Å². The molecule has 1 aliphatic rings. The molecule has 4 nitrogen and oxygen atoms in total. The Hall–Kier alpha value is -1.55. The lowest BCUT2D eigenvalue weighted by Crippen LogP contribution is -2.41. The molecule has 20 heavy (non-hydrogen) atoms. The van der Waals surface area contributed by atoms with Crippen LogP contribution in [0.4, 0.5) is 5.69 Å². The number of ether oxygens (including phenoxy) is 1. The van der Waals surface area contributed by atoms with Crippen molar-refractivity contribution >= 4 is 11.7 Å². The fraction of sp³-hybridized carbons (Fsp3) is 0.562. The maximum Gasteiger partial charge on any atom is 0.313 e. The van der Waals surface area contributed by atoms with Crippen molar-refractivity contribution in [3.05, 3.63) is 24.3 Å². The van der Waals surface area contributed by atoms with E-state index in [2.05, 4.69) is 4.90 Å². The maximum atomic E-state index is 11.6. The van der Waals surface area contributed by atoms with Crippen LogP contribution in [0.2, 0.25) is 0 Å². The van der Waals surface area contributed by atoms with Crippen LogP contribution in [-0.4, -0.2) is 30.3 Å². The predicted octanol–water partition coefficient (Wildman–Crippen LogP) is 2.60. The third-order valence-corrected chi connectivity index (χ3v) is 3.68.